The molecule has 2 aliphatic heterocycles. The fraction of sp³-hybridized carbons (Fsp3) is 0.450. The van der Waals surface area contributed by atoms with E-state index in [2.05, 4.69) is 4.98 Å². The van der Waals surface area contributed by atoms with Crippen molar-refractivity contribution < 1.29 is 18.9 Å². The van der Waals surface area contributed by atoms with Crippen LogP contribution in [0.15, 0.2) is 30.5 Å². The number of fused-ring (bicyclic) bond motifs is 1. The maximum Gasteiger partial charge on any atom is 0.495 e. The zero-order valence-corrected chi connectivity index (χ0v) is 16.1. The molecule has 0 saturated carbocycles. The number of aromatic nitrogens is 1. The highest BCUT2D eigenvalue weighted by Gasteiger charge is 2.52. The highest BCUT2D eigenvalue weighted by molar-refractivity contribution is 6.65. The number of amides is 2. The molecule has 2 amide bonds. The van der Waals surface area contributed by atoms with E-state index in [4.69, 9.17) is 9.31 Å². The van der Waals surface area contributed by atoms with Gasteiger partial charge in [-0.3, -0.25) is 19.5 Å². The first-order valence-corrected chi connectivity index (χ1v) is 9.24. The number of nitrogens with zero attached hydrogens (tertiary/aromatic N) is 2. The maximum absolute atomic E-state index is 11.9. The number of hydrogen-bond acceptors (Lipinski definition) is 5. The van der Waals surface area contributed by atoms with Crippen LogP contribution in [-0.4, -0.2) is 40.0 Å². The van der Waals surface area contributed by atoms with Gasteiger partial charge in [0.2, 0.25) is 11.8 Å². The molecule has 2 aliphatic rings. The fourth-order valence-electron chi connectivity index (χ4n) is 3.47. The molecule has 0 aliphatic carbocycles. The van der Waals surface area contributed by atoms with E-state index in [1.54, 1.807) is 6.20 Å². The van der Waals surface area contributed by atoms with Gasteiger partial charge in [0, 0.05) is 19.0 Å². The topological polar surface area (TPSA) is 68.7 Å². The lowest BCUT2D eigenvalue weighted by atomic mass is 9.77. The largest absolute Gasteiger partial charge is 0.495 e. The number of pyridine rings is 1. The highest BCUT2D eigenvalue weighted by Crippen LogP contribution is 2.37. The van der Waals surface area contributed by atoms with Gasteiger partial charge in [-0.25, -0.2) is 0 Å². The first-order valence-electron chi connectivity index (χ1n) is 9.24. The van der Waals surface area contributed by atoms with Crippen LogP contribution in [0.4, 0.5) is 0 Å². The quantitative estimate of drug-likeness (QED) is 0.615. The van der Waals surface area contributed by atoms with Crippen LogP contribution in [0.1, 0.15) is 46.1 Å². The van der Waals surface area contributed by atoms with E-state index in [0.29, 0.717) is 12.8 Å². The maximum atomic E-state index is 11.9. The van der Waals surface area contributed by atoms with E-state index in [1.165, 1.54) is 4.90 Å². The summed E-state index contributed by atoms with van der Waals surface area (Å²) in [5, 5.41) is 0.943. The minimum atomic E-state index is -0.465. The Labute approximate surface area is 159 Å². The Kier molecular flexibility index (Phi) is 4.12. The molecule has 0 atom stereocenters. The molecule has 27 heavy (non-hydrogen) atoms. The minimum Gasteiger partial charge on any atom is -0.399 e. The summed E-state index contributed by atoms with van der Waals surface area (Å²) in [5.74, 6) is -0.224. The van der Waals surface area contributed by atoms with E-state index in [0.717, 1.165) is 21.9 Å². The van der Waals surface area contributed by atoms with Crippen molar-refractivity contribution >= 4 is 35.3 Å². The van der Waals surface area contributed by atoms with Crippen molar-refractivity contribution in [2.75, 3.05) is 0 Å². The molecule has 0 radical (unpaired) electrons. The van der Waals surface area contributed by atoms with E-state index < -0.39 is 18.3 Å². The summed E-state index contributed by atoms with van der Waals surface area (Å²) >= 11 is 0. The second-order valence-electron chi connectivity index (χ2n) is 8.21. The van der Waals surface area contributed by atoms with Gasteiger partial charge in [0.05, 0.1) is 23.3 Å². The van der Waals surface area contributed by atoms with Gasteiger partial charge in [-0.2, -0.15) is 0 Å². The SMILES string of the molecule is CC1(C)OB(c2ccnc3cc(CN4C(=O)CCC4=O)ccc23)OC1(C)C. The standard InChI is InChI=1S/C20H23BN2O4/c1-19(2)20(3,4)27-21(26-19)15-9-10-22-16-11-13(5-6-14(15)16)12-23-17(24)7-8-18(23)25/h5-6,9-11H,7-8,12H2,1-4H3. The van der Waals surface area contributed by atoms with E-state index in [9.17, 15) is 9.59 Å². The third-order valence-corrected chi connectivity index (χ3v) is 5.84. The molecule has 2 aromatic rings. The Morgan fingerprint density at radius 1 is 1.04 bits per heavy atom. The zero-order valence-electron chi connectivity index (χ0n) is 16.1. The number of benzene rings is 1. The van der Waals surface area contributed by atoms with Crippen molar-refractivity contribution in [3.63, 3.8) is 0 Å². The number of carbonyl (C=O) groups excluding carboxylic acids is 2. The number of imide groups is 1. The van der Waals surface area contributed by atoms with Crippen LogP contribution in [0.2, 0.25) is 0 Å². The molecule has 0 unspecified atom stereocenters. The third kappa shape index (κ3) is 3.05. The Morgan fingerprint density at radius 3 is 2.30 bits per heavy atom. The molecule has 3 heterocycles. The lowest BCUT2D eigenvalue weighted by Crippen LogP contribution is -2.41. The molecule has 2 fully saturated rings. The molecule has 0 spiro atoms. The first kappa shape index (κ1) is 18.1. The van der Waals surface area contributed by atoms with E-state index in [1.807, 2.05) is 52.0 Å². The molecule has 1 aromatic heterocycles. The first-order chi connectivity index (χ1) is 12.7. The minimum absolute atomic E-state index is 0.112. The van der Waals surface area contributed by atoms with Gasteiger partial charge in [-0.15, -0.1) is 0 Å². The lowest BCUT2D eigenvalue weighted by molar-refractivity contribution is -0.139. The van der Waals surface area contributed by atoms with Crippen molar-refractivity contribution in [1.82, 2.24) is 9.88 Å². The van der Waals surface area contributed by atoms with Crippen LogP contribution in [0, 0.1) is 0 Å². The van der Waals surface area contributed by atoms with Gasteiger partial charge in [-0.1, -0.05) is 12.1 Å². The Balaban J connectivity index is 1.65. The molecule has 4 rings (SSSR count). The summed E-state index contributed by atoms with van der Waals surface area (Å²) in [6.45, 7) is 8.39. The van der Waals surface area contributed by atoms with Crippen LogP contribution in [0.5, 0.6) is 0 Å². The Bertz CT molecular complexity index is 909. The van der Waals surface area contributed by atoms with Crippen LogP contribution in [0.25, 0.3) is 10.9 Å². The average molecular weight is 366 g/mol. The second kappa shape index (κ2) is 6.14. The van der Waals surface area contributed by atoms with Gasteiger partial charge in [0.15, 0.2) is 0 Å². The molecular formula is C20H23BN2O4. The van der Waals surface area contributed by atoms with Crippen LogP contribution >= 0.6 is 0 Å². The summed E-state index contributed by atoms with van der Waals surface area (Å²) in [6, 6.07) is 7.72. The predicted molar refractivity (Wildman–Crippen MR) is 102 cm³/mol. The monoisotopic (exact) mass is 366 g/mol. The Morgan fingerprint density at radius 2 is 1.67 bits per heavy atom. The molecule has 6 nitrogen and oxygen atoms in total. The van der Waals surface area contributed by atoms with Crippen LogP contribution < -0.4 is 5.46 Å². The van der Waals surface area contributed by atoms with Crippen molar-refractivity contribution in [1.29, 1.82) is 0 Å². The van der Waals surface area contributed by atoms with Crippen LogP contribution in [0.3, 0.4) is 0 Å². The third-order valence-electron chi connectivity index (χ3n) is 5.84. The average Bonchev–Trinajstić information content (AvgIpc) is 3.03. The van der Waals surface area contributed by atoms with Gasteiger partial charge < -0.3 is 9.31 Å². The summed E-state index contributed by atoms with van der Waals surface area (Å²) in [5.41, 5.74) is 1.77. The van der Waals surface area contributed by atoms with Gasteiger partial charge >= 0.3 is 7.12 Å². The van der Waals surface area contributed by atoms with Crippen molar-refractivity contribution in [2.45, 2.75) is 58.3 Å². The van der Waals surface area contributed by atoms with Gasteiger partial charge in [0.1, 0.15) is 0 Å². The lowest BCUT2D eigenvalue weighted by Gasteiger charge is -2.32. The zero-order chi connectivity index (χ0) is 19.4. The molecule has 7 heteroatoms. The molecule has 0 N–H and O–H groups in total. The van der Waals surface area contributed by atoms with Gasteiger partial charge in [0.25, 0.3) is 0 Å². The number of hydrogen-bond donors (Lipinski definition) is 0. The predicted octanol–water partition coefficient (Wildman–Crippen LogP) is 2.18. The summed E-state index contributed by atoms with van der Waals surface area (Å²) in [4.78, 5) is 29.5. The molecule has 2 saturated heterocycles. The van der Waals surface area contributed by atoms with Gasteiger partial charge in [-0.05, 0) is 56.2 Å². The number of likely N-dealkylation sites (tertiary alicyclic amines) is 1. The summed E-state index contributed by atoms with van der Waals surface area (Å²) in [7, 11) is -0.465. The summed E-state index contributed by atoms with van der Waals surface area (Å²) in [6.07, 6.45) is 2.34. The number of rotatable bonds is 3. The fourth-order valence-corrected chi connectivity index (χ4v) is 3.47. The van der Waals surface area contributed by atoms with E-state index in [-0.39, 0.29) is 18.4 Å². The molecule has 0 bridgehead atoms. The molecule has 1 aromatic carbocycles. The Hall–Kier alpha value is -2.25. The van der Waals surface area contributed by atoms with E-state index >= 15 is 0 Å². The second-order valence-corrected chi connectivity index (χ2v) is 8.21. The van der Waals surface area contributed by atoms with Crippen molar-refractivity contribution in [3.05, 3.63) is 36.0 Å². The molecular weight excluding hydrogens is 343 g/mol. The van der Waals surface area contributed by atoms with Crippen molar-refractivity contribution in [3.8, 4) is 0 Å². The molecule has 140 valence electrons. The number of carbonyl (C=O) groups is 2. The van der Waals surface area contributed by atoms with Crippen molar-refractivity contribution in [2.24, 2.45) is 0 Å². The smallest absolute Gasteiger partial charge is 0.399 e. The highest BCUT2D eigenvalue weighted by atomic mass is 16.7. The summed E-state index contributed by atoms with van der Waals surface area (Å²) < 4.78 is 12.4. The van der Waals surface area contributed by atoms with Crippen LogP contribution in [-0.2, 0) is 25.4 Å². The normalized spacial score (nSPS) is 21.5.